The number of aromatic hydroxyl groups is 1. The van der Waals surface area contributed by atoms with E-state index in [4.69, 9.17) is 0 Å². The molecule has 0 amide bonds. The zero-order valence-corrected chi connectivity index (χ0v) is 14.3. The van der Waals surface area contributed by atoms with Crippen LogP contribution in [0.3, 0.4) is 0 Å². The number of benzene rings is 2. The number of aliphatic imine (C=N–C) groups is 1. The molecule has 23 heavy (non-hydrogen) atoms. The van der Waals surface area contributed by atoms with Crippen molar-refractivity contribution in [3.8, 4) is 5.75 Å². The first kappa shape index (κ1) is 17.1. The van der Waals surface area contributed by atoms with Gasteiger partial charge in [-0.3, -0.25) is 15.1 Å². The van der Waals surface area contributed by atoms with E-state index in [1.807, 2.05) is 24.3 Å². The second-order valence-electron chi connectivity index (χ2n) is 5.15. The van der Waals surface area contributed by atoms with E-state index in [1.165, 1.54) is 17.8 Å². The van der Waals surface area contributed by atoms with E-state index in [-0.39, 0.29) is 11.4 Å². The molecule has 0 aliphatic heterocycles. The molecule has 0 saturated heterocycles. The summed E-state index contributed by atoms with van der Waals surface area (Å²) in [4.78, 5) is 14.6. The highest BCUT2D eigenvalue weighted by Crippen LogP contribution is 2.32. The molecular weight excluding hydrogens is 360 g/mol. The molecule has 2 rings (SSSR count). The van der Waals surface area contributed by atoms with Crippen LogP contribution in [0.5, 0.6) is 5.75 Å². The summed E-state index contributed by atoms with van der Waals surface area (Å²) in [5.41, 5.74) is 1.93. The second kappa shape index (κ2) is 7.87. The van der Waals surface area contributed by atoms with E-state index < -0.39 is 4.92 Å². The van der Waals surface area contributed by atoms with Crippen LogP contribution in [-0.4, -0.2) is 16.2 Å². The first-order chi connectivity index (χ1) is 11.0. The molecule has 5 nitrogen and oxygen atoms in total. The van der Waals surface area contributed by atoms with Crippen LogP contribution >= 0.6 is 15.9 Å². The summed E-state index contributed by atoms with van der Waals surface area (Å²) in [6.45, 7) is 2.16. The van der Waals surface area contributed by atoms with Crippen LogP contribution in [0.1, 0.15) is 30.9 Å². The fourth-order valence-corrected chi connectivity index (χ4v) is 2.58. The Hall–Kier alpha value is -2.21. The summed E-state index contributed by atoms with van der Waals surface area (Å²) in [6.07, 6.45) is 4.77. The average molecular weight is 377 g/mol. The molecule has 0 spiro atoms. The van der Waals surface area contributed by atoms with Gasteiger partial charge in [-0.25, -0.2) is 0 Å². The summed E-state index contributed by atoms with van der Waals surface area (Å²) in [5.74, 6) is -0.387. The van der Waals surface area contributed by atoms with Gasteiger partial charge in [-0.2, -0.15) is 0 Å². The summed E-state index contributed by atoms with van der Waals surface area (Å²) < 4.78 is 0.512. The Balaban J connectivity index is 2.21. The molecule has 120 valence electrons. The minimum atomic E-state index is -0.625. The molecule has 0 aliphatic rings. The summed E-state index contributed by atoms with van der Waals surface area (Å²) in [6, 6.07) is 10.7. The number of hydrogen-bond donors (Lipinski definition) is 1. The minimum Gasteiger partial charge on any atom is -0.502 e. The topological polar surface area (TPSA) is 75.7 Å². The fraction of sp³-hybridized carbons (Fsp3) is 0.235. The smallest absolute Gasteiger partial charge is 0.312 e. The Kier molecular flexibility index (Phi) is 5.87. The molecule has 1 N–H and O–H groups in total. The van der Waals surface area contributed by atoms with Crippen molar-refractivity contribution in [1.82, 2.24) is 0 Å². The van der Waals surface area contributed by atoms with Crippen LogP contribution < -0.4 is 0 Å². The van der Waals surface area contributed by atoms with Gasteiger partial charge in [-0.15, -0.1) is 0 Å². The van der Waals surface area contributed by atoms with Gasteiger partial charge < -0.3 is 5.11 Å². The van der Waals surface area contributed by atoms with Crippen molar-refractivity contribution in [2.75, 3.05) is 0 Å². The number of halogens is 1. The van der Waals surface area contributed by atoms with Gasteiger partial charge in [-0.05, 0) is 36.6 Å². The van der Waals surface area contributed by atoms with E-state index in [9.17, 15) is 15.2 Å². The van der Waals surface area contributed by atoms with Gasteiger partial charge in [0.25, 0.3) is 0 Å². The van der Waals surface area contributed by atoms with Crippen molar-refractivity contribution < 1.29 is 10.0 Å². The summed E-state index contributed by atoms with van der Waals surface area (Å²) >= 11 is 3.20. The molecule has 0 saturated carbocycles. The molecule has 0 bridgehead atoms. The first-order valence-corrected chi connectivity index (χ1v) is 8.10. The highest BCUT2D eigenvalue weighted by Gasteiger charge is 2.17. The van der Waals surface area contributed by atoms with Gasteiger partial charge in [0.2, 0.25) is 5.75 Å². The Morgan fingerprint density at radius 2 is 2.00 bits per heavy atom. The number of nitrogens with zero attached hydrogens (tertiary/aromatic N) is 2. The molecule has 6 heteroatoms. The normalized spacial score (nSPS) is 11.0. The predicted octanol–water partition coefficient (Wildman–Crippen LogP) is 5.16. The molecule has 0 radical (unpaired) electrons. The largest absolute Gasteiger partial charge is 0.502 e. The second-order valence-corrected chi connectivity index (χ2v) is 6.06. The fourth-order valence-electron chi connectivity index (χ4n) is 2.12. The van der Waals surface area contributed by atoms with Gasteiger partial charge in [0.05, 0.1) is 10.6 Å². The van der Waals surface area contributed by atoms with E-state index in [1.54, 1.807) is 6.07 Å². The number of hydrogen-bond acceptors (Lipinski definition) is 4. The van der Waals surface area contributed by atoms with Crippen molar-refractivity contribution in [2.24, 2.45) is 4.99 Å². The zero-order chi connectivity index (χ0) is 16.8. The Morgan fingerprint density at radius 3 is 2.61 bits per heavy atom. The lowest BCUT2D eigenvalue weighted by atomic mass is 10.1. The van der Waals surface area contributed by atoms with Crippen molar-refractivity contribution in [1.29, 1.82) is 0 Å². The molecule has 2 aromatic carbocycles. The van der Waals surface area contributed by atoms with Gasteiger partial charge in [0.15, 0.2) is 0 Å². The van der Waals surface area contributed by atoms with Crippen molar-refractivity contribution >= 4 is 33.5 Å². The van der Waals surface area contributed by atoms with Crippen LogP contribution in [-0.2, 0) is 6.42 Å². The summed E-state index contributed by atoms with van der Waals surface area (Å²) in [7, 11) is 0. The molecule has 0 aliphatic carbocycles. The van der Waals surface area contributed by atoms with Crippen molar-refractivity contribution in [3.05, 3.63) is 62.1 Å². The van der Waals surface area contributed by atoms with Gasteiger partial charge in [-0.1, -0.05) is 41.4 Å². The Bertz CT molecular complexity index is 727. The Labute approximate surface area is 143 Å². The Morgan fingerprint density at radius 1 is 1.30 bits per heavy atom. The number of nitro groups is 1. The van der Waals surface area contributed by atoms with Gasteiger partial charge in [0, 0.05) is 22.3 Å². The van der Waals surface area contributed by atoms with Crippen molar-refractivity contribution in [3.63, 3.8) is 0 Å². The van der Waals surface area contributed by atoms with E-state index in [0.29, 0.717) is 10.0 Å². The molecule has 0 fully saturated rings. The zero-order valence-electron chi connectivity index (χ0n) is 12.7. The predicted molar refractivity (Wildman–Crippen MR) is 94.8 cm³/mol. The molecule has 0 aromatic heterocycles. The molecule has 0 atom stereocenters. The van der Waals surface area contributed by atoms with Crippen LogP contribution in [0.15, 0.2) is 45.9 Å². The third-order valence-electron chi connectivity index (χ3n) is 3.39. The number of aryl methyl sites for hydroxylation is 1. The quantitative estimate of drug-likeness (QED) is 0.429. The third-order valence-corrected chi connectivity index (χ3v) is 3.85. The van der Waals surface area contributed by atoms with Gasteiger partial charge in [0.1, 0.15) is 0 Å². The number of phenols is 1. The van der Waals surface area contributed by atoms with Crippen LogP contribution in [0.2, 0.25) is 0 Å². The number of phenolic OH excluding ortho intramolecular Hbond substituents is 1. The van der Waals surface area contributed by atoms with Crippen LogP contribution in [0, 0.1) is 10.1 Å². The SMILES string of the molecule is CCCCc1ccc(N=Cc2cc(Br)cc([N+](=O)[O-])c2O)cc1. The lowest BCUT2D eigenvalue weighted by molar-refractivity contribution is -0.385. The summed E-state index contributed by atoms with van der Waals surface area (Å²) in [5, 5.41) is 20.9. The first-order valence-electron chi connectivity index (χ1n) is 7.31. The lowest BCUT2D eigenvalue weighted by Crippen LogP contribution is -1.92. The third kappa shape index (κ3) is 4.63. The standard InChI is InChI=1S/C17H17BrN2O3/c1-2-3-4-12-5-7-15(8-6-12)19-11-13-9-14(18)10-16(17(13)21)20(22)23/h5-11,21H,2-4H2,1H3. The molecular formula is C17H17BrN2O3. The lowest BCUT2D eigenvalue weighted by Gasteiger charge is -2.02. The monoisotopic (exact) mass is 376 g/mol. The van der Waals surface area contributed by atoms with E-state index in [2.05, 4.69) is 27.8 Å². The van der Waals surface area contributed by atoms with Gasteiger partial charge >= 0.3 is 5.69 Å². The minimum absolute atomic E-state index is 0.293. The molecule has 2 aromatic rings. The molecule has 0 unspecified atom stereocenters. The average Bonchev–Trinajstić information content (AvgIpc) is 2.54. The number of rotatable bonds is 6. The van der Waals surface area contributed by atoms with Crippen LogP contribution in [0.4, 0.5) is 11.4 Å². The van der Waals surface area contributed by atoms with Crippen molar-refractivity contribution in [2.45, 2.75) is 26.2 Å². The maximum atomic E-state index is 10.9. The molecule has 0 heterocycles. The maximum absolute atomic E-state index is 10.9. The number of unbranched alkanes of at least 4 members (excludes halogenated alkanes) is 1. The highest BCUT2D eigenvalue weighted by molar-refractivity contribution is 9.10. The number of nitro benzene ring substituents is 1. The van der Waals surface area contributed by atoms with E-state index >= 15 is 0 Å². The van der Waals surface area contributed by atoms with Crippen LogP contribution in [0.25, 0.3) is 0 Å². The highest BCUT2D eigenvalue weighted by atomic mass is 79.9. The van der Waals surface area contributed by atoms with E-state index in [0.717, 1.165) is 24.9 Å². The maximum Gasteiger partial charge on any atom is 0.312 e.